The molecule has 1 atom stereocenters. The molecular formula is C19H20ClFN2O3. The van der Waals surface area contributed by atoms with Crippen LogP contribution in [0.1, 0.15) is 22.8 Å². The number of carbonyl (C=O) groups is 1. The third-order valence-electron chi connectivity index (χ3n) is 4.29. The highest BCUT2D eigenvalue weighted by atomic mass is 35.5. The predicted molar refractivity (Wildman–Crippen MR) is 96.3 cm³/mol. The molecule has 26 heavy (non-hydrogen) atoms. The first-order valence-corrected chi connectivity index (χ1v) is 8.72. The van der Waals surface area contributed by atoms with Gasteiger partial charge in [0, 0.05) is 13.1 Å². The highest BCUT2D eigenvalue weighted by Gasteiger charge is 2.25. The second-order valence-electron chi connectivity index (χ2n) is 6.12. The molecule has 7 heteroatoms. The number of aliphatic hydroxyl groups is 1. The van der Waals surface area contributed by atoms with E-state index in [9.17, 15) is 14.3 Å². The number of hydrogen-bond donors (Lipinski definition) is 2. The lowest BCUT2D eigenvalue weighted by Gasteiger charge is -2.33. The Balaban J connectivity index is 1.59. The van der Waals surface area contributed by atoms with E-state index in [-0.39, 0.29) is 23.8 Å². The molecule has 138 valence electrons. The van der Waals surface area contributed by atoms with E-state index in [1.807, 2.05) is 24.3 Å². The van der Waals surface area contributed by atoms with Crippen LogP contribution in [0.15, 0.2) is 42.5 Å². The molecule has 0 spiro atoms. The maximum Gasteiger partial charge on any atom is 0.317 e. The highest BCUT2D eigenvalue weighted by molar-refractivity contribution is 6.30. The minimum absolute atomic E-state index is 0.0346. The molecule has 0 bridgehead atoms. The van der Waals surface area contributed by atoms with Crippen molar-refractivity contribution in [1.29, 1.82) is 0 Å². The largest absolute Gasteiger partial charge is 0.392 e. The first-order chi connectivity index (χ1) is 12.6. The van der Waals surface area contributed by atoms with Crippen LogP contribution in [0.25, 0.3) is 0 Å². The number of nitrogens with zero attached hydrogens (tertiary/aromatic N) is 1. The molecule has 0 aliphatic carbocycles. The van der Waals surface area contributed by atoms with Crippen LogP contribution in [-0.4, -0.2) is 35.7 Å². The van der Waals surface area contributed by atoms with E-state index >= 15 is 0 Å². The Morgan fingerprint density at radius 1 is 1.31 bits per heavy atom. The van der Waals surface area contributed by atoms with Crippen molar-refractivity contribution in [1.82, 2.24) is 10.2 Å². The predicted octanol–water partition coefficient (Wildman–Crippen LogP) is 3.25. The summed E-state index contributed by atoms with van der Waals surface area (Å²) in [4.78, 5) is 14.1. The van der Waals surface area contributed by atoms with Crippen LogP contribution in [0.4, 0.5) is 9.18 Å². The van der Waals surface area contributed by atoms with Crippen LogP contribution in [0, 0.1) is 5.82 Å². The second kappa shape index (κ2) is 8.49. The zero-order valence-corrected chi connectivity index (χ0v) is 14.9. The van der Waals surface area contributed by atoms with Gasteiger partial charge in [-0.05, 0) is 28.8 Å². The van der Waals surface area contributed by atoms with Crippen molar-refractivity contribution < 1.29 is 19.0 Å². The van der Waals surface area contributed by atoms with E-state index < -0.39 is 5.82 Å². The number of hydrogen-bond acceptors (Lipinski definition) is 3. The minimum atomic E-state index is -0.481. The monoisotopic (exact) mass is 378 g/mol. The molecule has 3 rings (SSSR count). The van der Waals surface area contributed by atoms with E-state index in [1.165, 1.54) is 12.1 Å². The fraction of sp³-hybridized carbons (Fsp3) is 0.316. The summed E-state index contributed by atoms with van der Waals surface area (Å²) in [5, 5.41) is 12.1. The van der Waals surface area contributed by atoms with Gasteiger partial charge in [-0.2, -0.15) is 0 Å². The molecule has 2 N–H and O–H groups in total. The van der Waals surface area contributed by atoms with Crippen LogP contribution in [0.3, 0.4) is 0 Å². The van der Waals surface area contributed by atoms with Gasteiger partial charge in [0.05, 0.1) is 24.8 Å². The van der Waals surface area contributed by atoms with E-state index in [0.29, 0.717) is 26.2 Å². The number of halogens is 2. The minimum Gasteiger partial charge on any atom is -0.392 e. The Morgan fingerprint density at radius 3 is 2.88 bits per heavy atom. The van der Waals surface area contributed by atoms with Gasteiger partial charge in [-0.15, -0.1) is 0 Å². The lowest BCUT2D eigenvalue weighted by atomic mass is 10.1. The molecule has 1 unspecified atom stereocenters. The molecule has 2 aromatic rings. The van der Waals surface area contributed by atoms with Crippen LogP contribution >= 0.6 is 11.6 Å². The van der Waals surface area contributed by atoms with Gasteiger partial charge in [0.25, 0.3) is 0 Å². The van der Waals surface area contributed by atoms with Crippen molar-refractivity contribution in [3.8, 4) is 0 Å². The van der Waals surface area contributed by atoms with E-state index in [2.05, 4.69) is 5.32 Å². The van der Waals surface area contributed by atoms with Gasteiger partial charge in [0.1, 0.15) is 11.9 Å². The Hall–Kier alpha value is -2.15. The molecule has 5 nitrogen and oxygen atoms in total. The molecule has 1 aliphatic rings. The molecule has 1 heterocycles. The maximum absolute atomic E-state index is 13.3. The lowest BCUT2D eigenvalue weighted by Crippen LogP contribution is -2.46. The Labute approximate surface area is 156 Å². The summed E-state index contributed by atoms with van der Waals surface area (Å²) in [6.45, 7) is 1.58. The Bertz CT molecular complexity index is 787. The molecule has 1 fully saturated rings. The quantitative estimate of drug-likeness (QED) is 0.858. The molecule has 1 aliphatic heterocycles. The molecular weight excluding hydrogens is 359 g/mol. The number of aliphatic hydroxyl groups excluding tert-OH is 1. The third-order valence-corrected chi connectivity index (χ3v) is 4.58. The highest BCUT2D eigenvalue weighted by Crippen LogP contribution is 2.26. The van der Waals surface area contributed by atoms with Gasteiger partial charge in [-0.1, -0.05) is 41.9 Å². The van der Waals surface area contributed by atoms with Crippen LogP contribution < -0.4 is 5.32 Å². The molecule has 1 saturated heterocycles. The average molecular weight is 379 g/mol. The molecule has 2 amide bonds. The van der Waals surface area contributed by atoms with Crippen LogP contribution in [0.2, 0.25) is 5.02 Å². The number of nitrogens with one attached hydrogen (secondary N) is 1. The molecule has 0 radical (unpaired) electrons. The topological polar surface area (TPSA) is 61.8 Å². The molecule has 2 aromatic carbocycles. The van der Waals surface area contributed by atoms with E-state index in [4.69, 9.17) is 16.3 Å². The number of urea groups is 1. The fourth-order valence-corrected chi connectivity index (χ4v) is 3.06. The van der Waals surface area contributed by atoms with Crippen LogP contribution in [-0.2, 0) is 17.9 Å². The van der Waals surface area contributed by atoms with Gasteiger partial charge >= 0.3 is 6.03 Å². The number of rotatable bonds is 4. The Kier molecular flexibility index (Phi) is 6.08. The van der Waals surface area contributed by atoms with Crippen molar-refractivity contribution in [3.05, 3.63) is 70.0 Å². The van der Waals surface area contributed by atoms with Crippen LogP contribution in [0.5, 0.6) is 0 Å². The van der Waals surface area contributed by atoms with Crippen molar-refractivity contribution in [2.45, 2.75) is 19.3 Å². The smallest absolute Gasteiger partial charge is 0.317 e. The van der Waals surface area contributed by atoms with E-state index in [0.717, 1.165) is 16.7 Å². The Morgan fingerprint density at radius 2 is 2.12 bits per heavy atom. The van der Waals surface area contributed by atoms with Crippen molar-refractivity contribution in [2.75, 3.05) is 19.7 Å². The standard InChI is InChI=1S/C19H20ClFN2O3/c20-16-9-15(4-5-17(16)21)18-11-23(6-7-26-18)19(25)22-10-13-2-1-3-14(8-13)12-24/h1-5,8-9,18,24H,6-7,10-12H2,(H,22,25). The summed E-state index contributed by atoms with van der Waals surface area (Å²) in [7, 11) is 0. The summed E-state index contributed by atoms with van der Waals surface area (Å²) in [5.41, 5.74) is 2.46. The summed E-state index contributed by atoms with van der Waals surface area (Å²) in [6, 6.07) is 11.7. The summed E-state index contributed by atoms with van der Waals surface area (Å²) < 4.78 is 19.0. The van der Waals surface area contributed by atoms with Crippen molar-refractivity contribution in [3.63, 3.8) is 0 Å². The fourth-order valence-electron chi connectivity index (χ4n) is 2.88. The summed E-state index contributed by atoms with van der Waals surface area (Å²) in [6.07, 6.45) is -0.342. The number of ether oxygens (including phenoxy) is 1. The number of benzene rings is 2. The SMILES string of the molecule is O=C(NCc1cccc(CO)c1)N1CCOC(c2ccc(F)c(Cl)c2)C1. The number of morpholine rings is 1. The maximum atomic E-state index is 13.3. The first kappa shape index (κ1) is 18.6. The zero-order chi connectivity index (χ0) is 18.5. The average Bonchev–Trinajstić information content (AvgIpc) is 2.68. The van der Waals surface area contributed by atoms with Gasteiger partial charge in [0.15, 0.2) is 0 Å². The molecule has 0 saturated carbocycles. The lowest BCUT2D eigenvalue weighted by molar-refractivity contribution is -0.0155. The van der Waals surface area contributed by atoms with Gasteiger partial charge < -0.3 is 20.1 Å². The third kappa shape index (κ3) is 4.52. The zero-order valence-electron chi connectivity index (χ0n) is 14.1. The summed E-state index contributed by atoms with van der Waals surface area (Å²) in [5.74, 6) is -0.481. The van der Waals surface area contributed by atoms with Gasteiger partial charge in [-0.3, -0.25) is 0 Å². The van der Waals surface area contributed by atoms with E-state index in [1.54, 1.807) is 11.0 Å². The van der Waals surface area contributed by atoms with Gasteiger partial charge in [-0.25, -0.2) is 9.18 Å². The number of carbonyl (C=O) groups excluding carboxylic acids is 1. The normalized spacial score (nSPS) is 17.2. The number of amides is 2. The van der Waals surface area contributed by atoms with Crippen molar-refractivity contribution >= 4 is 17.6 Å². The molecule has 0 aromatic heterocycles. The van der Waals surface area contributed by atoms with Crippen molar-refractivity contribution in [2.24, 2.45) is 0 Å². The van der Waals surface area contributed by atoms with Gasteiger partial charge in [0.2, 0.25) is 0 Å². The first-order valence-electron chi connectivity index (χ1n) is 8.35. The second-order valence-corrected chi connectivity index (χ2v) is 6.52. The summed E-state index contributed by atoms with van der Waals surface area (Å²) >= 11 is 5.83.